The van der Waals surface area contributed by atoms with Crippen LogP contribution in [0.1, 0.15) is 38.8 Å². The summed E-state index contributed by atoms with van der Waals surface area (Å²) < 4.78 is 0. The zero-order chi connectivity index (χ0) is 11.5. The summed E-state index contributed by atoms with van der Waals surface area (Å²) in [7, 11) is 1.96. The van der Waals surface area contributed by atoms with Crippen LogP contribution in [0.5, 0.6) is 0 Å². The van der Waals surface area contributed by atoms with Gasteiger partial charge in [-0.1, -0.05) is 20.8 Å². The first kappa shape index (κ1) is 12.0. The van der Waals surface area contributed by atoms with E-state index in [1.165, 1.54) is 0 Å². The van der Waals surface area contributed by atoms with E-state index in [-0.39, 0.29) is 11.5 Å². The Morgan fingerprint density at radius 1 is 1.47 bits per heavy atom. The number of anilines is 1. The highest BCUT2D eigenvalue weighted by Crippen LogP contribution is 2.30. The van der Waals surface area contributed by atoms with Gasteiger partial charge in [-0.05, 0) is 24.9 Å². The Morgan fingerprint density at radius 3 is 2.60 bits per heavy atom. The van der Waals surface area contributed by atoms with Crippen molar-refractivity contribution in [1.82, 2.24) is 10.3 Å². The van der Waals surface area contributed by atoms with Gasteiger partial charge in [-0.25, -0.2) is 0 Å². The minimum atomic E-state index is 0.274. The molecule has 0 radical (unpaired) electrons. The lowest BCUT2D eigenvalue weighted by atomic mass is 9.85. The van der Waals surface area contributed by atoms with E-state index in [0.29, 0.717) is 0 Å². The molecule has 3 heteroatoms. The molecule has 0 bridgehead atoms. The number of rotatable bonds is 3. The third-order valence-electron chi connectivity index (χ3n) is 2.43. The summed E-state index contributed by atoms with van der Waals surface area (Å²) in [5.74, 6) is 0. The second-order valence-electron chi connectivity index (χ2n) is 5.11. The lowest BCUT2D eigenvalue weighted by Crippen LogP contribution is -2.23. The van der Waals surface area contributed by atoms with E-state index >= 15 is 0 Å². The Bertz CT molecular complexity index is 315. The first-order valence-corrected chi connectivity index (χ1v) is 5.30. The number of nitrogens with one attached hydrogen (secondary N) is 1. The zero-order valence-electron chi connectivity index (χ0n) is 10.0. The Labute approximate surface area is 92.1 Å². The number of pyridine rings is 1. The van der Waals surface area contributed by atoms with Crippen LogP contribution >= 0.6 is 0 Å². The maximum atomic E-state index is 5.94. The van der Waals surface area contributed by atoms with Crippen molar-refractivity contribution in [3.63, 3.8) is 0 Å². The van der Waals surface area contributed by atoms with Crippen LogP contribution < -0.4 is 11.1 Å². The highest BCUT2D eigenvalue weighted by Gasteiger charge is 2.20. The highest BCUT2D eigenvalue weighted by molar-refractivity contribution is 5.46. The van der Waals surface area contributed by atoms with Crippen molar-refractivity contribution in [2.75, 3.05) is 12.8 Å². The van der Waals surface area contributed by atoms with Crippen molar-refractivity contribution in [3.05, 3.63) is 24.0 Å². The van der Waals surface area contributed by atoms with Crippen molar-refractivity contribution >= 4 is 5.69 Å². The topological polar surface area (TPSA) is 50.9 Å². The smallest absolute Gasteiger partial charge is 0.0393 e. The van der Waals surface area contributed by atoms with Crippen LogP contribution in [-0.2, 0) is 0 Å². The molecule has 0 fully saturated rings. The molecule has 0 spiro atoms. The number of nitrogens with two attached hydrogens (primary N) is 1. The Morgan fingerprint density at radius 2 is 2.13 bits per heavy atom. The second kappa shape index (κ2) is 4.62. The fraction of sp³-hybridized carbons (Fsp3) is 0.583. The van der Waals surface area contributed by atoms with E-state index in [1.54, 1.807) is 6.20 Å². The number of nitrogen functional groups attached to an aromatic ring is 1. The molecule has 3 N–H and O–H groups in total. The first-order chi connectivity index (χ1) is 6.94. The van der Waals surface area contributed by atoms with Gasteiger partial charge in [0.25, 0.3) is 0 Å². The largest absolute Gasteiger partial charge is 0.398 e. The molecule has 0 aliphatic heterocycles. The lowest BCUT2D eigenvalue weighted by Gasteiger charge is -2.26. The number of hydrogen-bond donors (Lipinski definition) is 2. The number of nitrogens with zero attached hydrogens (tertiary/aromatic N) is 1. The lowest BCUT2D eigenvalue weighted by molar-refractivity contribution is 0.321. The fourth-order valence-electron chi connectivity index (χ4n) is 1.69. The van der Waals surface area contributed by atoms with E-state index in [0.717, 1.165) is 17.7 Å². The van der Waals surface area contributed by atoms with Crippen LogP contribution in [0, 0.1) is 5.41 Å². The van der Waals surface area contributed by atoms with Gasteiger partial charge >= 0.3 is 0 Å². The van der Waals surface area contributed by atoms with Crippen LogP contribution in [0.4, 0.5) is 5.69 Å². The molecule has 1 atom stereocenters. The van der Waals surface area contributed by atoms with Gasteiger partial charge in [-0.3, -0.25) is 4.98 Å². The van der Waals surface area contributed by atoms with Gasteiger partial charge in [0.05, 0.1) is 0 Å². The molecule has 1 unspecified atom stereocenters. The molecule has 84 valence electrons. The van der Waals surface area contributed by atoms with Crippen molar-refractivity contribution < 1.29 is 0 Å². The predicted molar refractivity (Wildman–Crippen MR) is 64.5 cm³/mol. The highest BCUT2D eigenvalue weighted by atomic mass is 14.9. The summed E-state index contributed by atoms with van der Waals surface area (Å²) in [6, 6.07) is 2.13. The maximum Gasteiger partial charge on any atom is 0.0393 e. The summed E-state index contributed by atoms with van der Waals surface area (Å²) in [6.45, 7) is 6.68. The van der Waals surface area contributed by atoms with Gasteiger partial charge in [-0.15, -0.1) is 0 Å². The van der Waals surface area contributed by atoms with E-state index in [9.17, 15) is 0 Å². The maximum absolute atomic E-state index is 5.94. The average molecular weight is 207 g/mol. The third kappa shape index (κ3) is 3.51. The SMILES string of the molecule is CNC(CC(C)(C)C)c1cnccc1N. The minimum Gasteiger partial charge on any atom is -0.398 e. The van der Waals surface area contributed by atoms with E-state index in [4.69, 9.17) is 5.73 Å². The minimum absolute atomic E-state index is 0.274. The second-order valence-corrected chi connectivity index (χ2v) is 5.11. The molecular formula is C12H21N3. The van der Waals surface area contributed by atoms with Crippen molar-refractivity contribution in [1.29, 1.82) is 0 Å². The van der Waals surface area contributed by atoms with E-state index in [2.05, 4.69) is 31.1 Å². The van der Waals surface area contributed by atoms with Crippen molar-refractivity contribution in [2.24, 2.45) is 5.41 Å². The molecule has 0 saturated heterocycles. The summed E-state index contributed by atoms with van der Waals surface area (Å²) in [5.41, 5.74) is 8.12. The van der Waals surface area contributed by atoms with E-state index in [1.807, 2.05) is 19.3 Å². The molecule has 0 amide bonds. The molecule has 0 aromatic carbocycles. The molecule has 15 heavy (non-hydrogen) atoms. The van der Waals surface area contributed by atoms with E-state index < -0.39 is 0 Å². The Hall–Kier alpha value is -1.09. The average Bonchev–Trinajstić information content (AvgIpc) is 2.14. The van der Waals surface area contributed by atoms with Crippen molar-refractivity contribution in [2.45, 2.75) is 33.2 Å². The van der Waals surface area contributed by atoms with Crippen LogP contribution in [0.3, 0.4) is 0 Å². The first-order valence-electron chi connectivity index (χ1n) is 5.30. The molecule has 0 aliphatic carbocycles. The normalized spacial score (nSPS) is 13.9. The summed E-state index contributed by atoms with van der Waals surface area (Å²) in [5, 5.41) is 3.30. The van der Waals surface area contributed by atoms with Crippen LogP contribution in [0.15, 0.2) is 18.5 Å². The number of hydrogen-bond acceptors (Lipinski definition) is 3. The quantitative estimate of drug-likeness (QED) is 0.800. The molecule has 1 rings (SSSR count). The predicted octanol–water partition coefficient (Wildman–Crippen LogP) is 2.36. The van der Waals surface area contributed by atoms with Gasteiger partial charge in [0.15, 0.2) is 0 Å². The molecule has 1 aromatic heterocycles. The standard InChI is InChI=1S/C12H21N3/c1-12(2,3)7-11(14-4)9-8-15-6-5-10(9)13/h5-6,8,11,14H,7H2,1-4H3,(H2,13,15). The molecular weight excluding hydrogens is 186 g/mol. The van der Waals surface area contributed by atoms with Gasteiger partial charge in [-0.2, -0.15) is 0 Å². The third-order valence-corrected chi connectivity index (χ3v) is 2.43. The monoisotopic (exact) mass is 207 g/mol. The molecule has 1 heterocycles. The van der Waals surface area contributed by atoms with Gasteiger partial charge in [0.2, 0.25) is 0 Å². The molecule has 0 aliphatic rings. The van der Waals surface area contributed by atoms with Crippen molar-refractivity contribution in [3.8, 4) is 0 Å². The summed E-state index contributed by atoms with van der Waals surface area (Å²) >= 11 is 0. The fourth-order valence-corrected chi connectivity index (χ4v) is 1.69. The van der Waals surface area contributed by atoms with Crippen LogP contribution in [0.2, 0.25) is 0 Å². The summed E-state index contributed by atoms with van der Waals surface area (Å²) in [6.07, 6.45) is 4.62. The molecule has 3 nitrogen and oxygen atoms in total. The van der Waals surface area contributed by atoms with Crippen LogP contribution in [-0.4, -0.2) is 12.0 Å². The van der Waals surface area contributed by atoms with Crippen LogP contribution in [0.25, 0.3) is 0 Å². The molecule has 1 aromatic rings. The van der Waals surface area contributed by atoms with Gasteiger partial charge < -0.3 is 11.1 Å². The Balaban J connectivity index is 2.88. The number of aromatic nitrogens is 1. The van der Waals surface area contributed by atoms with Gasteiger partial charge in [0.1, 0.15) is 0 Å². The molecule has 0 saturated carbocycles. The van der Waals surface area contributed by atoms with Gasteiger partial charge in [0, 0.05) is 29.7 Å². The Kier molecular flexibility index (Phi) is 3.69. The zero-order valence-corrected chi connectivity index (χ0v) is 10.0. The summed E-state index contributed by atoms with van der Waals surface area (Å²) in [4.78, 5) is 4.12.